The molecule has 14 heavy (non-hydrogen) atoms. The lowest BCUT2D eigenvalue weighted by atomic mass is 10.3. The number of nitrogens with two attached hydrogens (primary N) is 1. The second-order valence-corrected chi connectivity index (χ2v) is 2.66. The number of hydrogen-bond donors (Lipinski definition) is 1. The first-order chi connectivity index (χ1) is 6.59. The molecule has 0 spiro atoms. The summed E-state index contributed by atoms with van der Waals surface area (Å²) in [6.07, 6.45) is 0. The zero-order chi connectivity index (χ0) is 10.6. The van der Waals surface area contributed by atoms with E-state index < -0.39 is 11.9 Å². The summed E-state index contributed by atoms with van der Waals surface area (Å²) in [6.45, 7) is 1.36. The first kappa shape index (κ1) is 10.2. The zero-order valence-electron chi connectivity index (χ0n) is 7.69. The number of carbonyl (C=O) groups is 2. The summed E-state index contributed by atoms with van der Waals surface area (Å²) < 4.78 is 4.71. The van der Waals surface area contributed by atoms with Crippen LogP contribution in [0.2, 0.25) is 0 Å². The molecule has 1 heterocycles. The van der Waals surface area contributed by atoms with E-state index in [4.69, 9.17) is 10.5 Å². The smallest absolute Gasteiger partial charge is 0.303 e. The average Bonchev–Trinajstić information content (AvgIpc) is 2.15. The maximum absolute atomic E-state index is 10.7. The van der Waals surface area contributed by atoms with Crippen LogP contribution in [0.1, 0.15) is 23.1 Å². The van der Waals surface area contributed by atoms with E-state index in [0.29, 0.717) is 5.69 Å². The Balaban J connectivity index is 2.73. The van der Waals surface area contributed by atoms with E-state index in [2.05, 4.69) is 4.98 Å². The molecule has 5 heteroatoms. The highest BCUT2D eigenvalue weighted by Gasteiger charge is 2.03. The molecule has 0 atom stereocenters. The highest BCUT2D eigenvalue weighted by molar-refractivity contribution is 5.90. The van der Waals surface area contributed by atoms with Gasteiger partial charge < -0.3 is 10.5 Å². The lowest BCUT2D eigenvalue weighted by Gasteiger charge is -2.02. The first-order valence-electron chi connectivity index (χ1n) is 3.98. The lowest BCUT2D eigenvalue weighted by molar-refractivity contribution is -0.142. The number of amides is 1. The van der Waals surface area contributed by atoms with Crippen molar-refractivity contribution >= 4 is 11.9 Å². The summed E-state index contributed by atoms with van der Waals surface area (Å²) in [5, 5.41) is 0. The van der Waals surface area contributed by atoms with Gasteiger partial charge in [0.2, 0.25) is 0 Å². The molecule has 74 valence electrons. The van der Waals surface area contributed by atoms with Crippen LogP contribution in [0.3, 0.4) is 0 Å². The standard InChI is InChI=1S/C9H10N2O3/c1-6(12)14-5-7-3-2-4-8(11-7)9(10)13/h2-4H,5H2,1H3,(H2,10,13). The van der Waals surface area contributed by atoms with E-state index in [1.54, 1.807) is 12.1 Å². The molecule has 1 rings (SSSR count). The van der Waals surface area contributed by atoms with Gasteiger partial charge in [0.15, 0.2) is 0 Å². The summed E-state index contributed by atoms with van der Waals surface area (Å²) in [5.74, 6) is -0.994. The van der Waals surface area contributed by atoms with Crippen molar-refractivity contribution in [3.63, 3.8) is 0 Å². The Hall–Kier alpha value is -1.91. The Kier molecular flexibility index (Phi) is 3.17. The topological polar surface area (TPSA) is 82.3 Å². The quantitative estimate of drug-likeness (QED) is 0.699. The Morgan fingerprint density at radius 2 is 2.21 bits per heavy atom. The van der Waals surface area contributed by atoms with Gasteiger partial charge in [-0.1, -0.05) is 6.07 Å². The minimum atomic E-state index is -0.602. The minimum Gasteiger partial charge on any atom is -0.459 e. The summed E-state index contributed by atoms with van der Waals surface area (Å²) in [4.78, 5) is 25.1. The summed E-state index contributed by atoms with van der Waals surface area (Å²) in [6, 6.07) is 4.78. The number of ether oxygens (including phenoxy) is 1. The van der Waals surface area contributed by atoms with E-state index in [1.807, 2.05) is 0 Å². The van der Waals surface area contributed by atoms with Gasteiger partial charge in [0.05, 0.1) is 5.69 Å². The van der Waals surface area contributed by atoms with Crippen LogP contribution >= 0.6 is 0 Å². The fraction of sp³-hybridized carbons (Fsp3) is 0.222. The van der Waals surface area contributed by atoms with Crippen LogP contribution in [0.25, 0.3) is 0 Å². The molecule has 5 nitrogen and oxygen atoms in total. The molecule has 0 fully saturated rings. The van der Waals surface area contributed by atoms with Crippen LogP contribution in [0, 0.1) is 0 Å². The van der Waals surface area contributed by atoms with Crippen LogP contribution in [-0.2, 0) is 16.1 Å². The van der Waals surface area contributed by atoms with Crippen molar-refractivity contribution in [1.82, 2.24) is 4.98 Å². The molecular formula is C9H10N2O3. The highest BCUT2D eigenvalue weighted by Crippen LogP contribution is 2.00. The number of nitrogens with zero attached hydrogens (tertiary/aromatic N) is 1. The third-order valence-electron chi connectivity index (χ3n) is 1.48. The predicted molar refractivity (Wildman–Crippen MR) is 48.2 cm³/mol. The van der Waals surface area contributed by atoms with Gasteiger partial charge in [-0.3, -0.25) is 9.59 Å². The second kappa shape index (κ2) is 4.36. The van der Waals surface area contributed by atoms with Gasteiger partial charge >= 0.3 is 5.97 Å². The van der Waals surface area contributed by atoms with Crippen LogP contribution in [0.4, 0.5) is 0 Å². The molecule has 0 saturated heterocycles. The Labute approximate surface area is 80.9 Å². The van der Waals surface area contributed by atoms with E-state index in [-0.39, 0.29) is 12.3 Å². The van der Waals surface area contributed by atoms with Gasteiger partial charge in [-0.15, -0.1) is 0 Å². The summed E-state index contributed by atoms with van der Waals surface area (Å²) in [7, 11) is 0. The maximum atomic E-state index is 10.7. The van der Waals surface area contributed by atoms with E-state index in [9.17, 15) is 9.59 Å². The number of pyridine rings is 1. The normalized spacial score (nSPS) is 9.50. The van der Waals surface area contributed by atoms with Gasteiger partial charge in [-0.25, -0.2) is 4.98 Å². The Morgan fingerprint density at radius 1 is 1.50 bits per heavy atom. The monoisotopic (exact) mass is 194 g/mol. The van der Waals surface area contributed by atoms with E-state index >= 15 is 0 Å². The van der Waals surface area contributed by atoms with Gasteiger partial charge in [0, 0.05) is 6.92 Å². The number of aromatic nitrogens is 1. The first-order valence-corrected chi connectivity index (χ1v) is 3.98. The van der Waals surface area contributed by atoms with Gasteiger partial charge in [-0.2, -0.15) is 0 Å². The molecule has 1 aromatic heterocycles. The number of primary amides is 1. The highest BCUT2D eigenvalue weighted by atomic mass is 16.5. The van der Waals surface area contributed by atoms with Crippen LogP contribution in [-0.4, -0.2) is 16.9 Å². The number of carbonyl (C=O) groups excluding carboxylic acids is 2. The molecule has 1 aromatic rings. The molecule has 0 aliphatic rings. The van der Waals surface area contributed by atoms with Crippen LogP contribution in [0.15, 0.2) is 18.2 Å². The fourth-order valence-corrected chi connectivity index (χ4v) is 0.873. The lowest BCUT2D eigenvalue weighted by Crippen LogP contribution is -2.14. The van der Waals surface area contributed by atoms with Crippen molar-refractivity contribution in [2.24, 2.45) is 5.73 Å². The zero-order valence-corrected chi connectivity index (χ0v) is 7.69. The SMILES string of the molecule is CC(=O)OCc1cccc(C(N)=O)n1. The summed E-state index contributed by atoms with van der Waals surface area (Å²) in [5.41, 5.74) is 5.69. The largest absolute Gasteiger partial charge is 0.459 e. The molecule has 0 aromatic carbocycles. The molecule has 0 aliphatic heterocycles. The van der Waals surface area contributed by atoms with Crippen molar-refractivity contribution in [2.75, 3.05) is 0 Å². The fourth-order valence-electron chi connectivity index (χ4n) is 0.873. The average molecular weight is 194 g/mol. The predicted octanol–water partition coefficient (Wildman–Crippen LogP) is 0.244. The molecular weight excluding hydrogens is 184 g/mol. The second-order valence-electron chi connectivity index (χ2n) is 2.66. The van der Waals surface area contributed by atoms with Crippen molar-refractivity contribution in [3.8, 4) is 0 Å². The van der Waals surface area contributed by atoms with Crippen LogP contribution < -0.4 is 5.73 Å². The molecule has 0 aliphatic carbocycles. The Morgan fingerprint density at radius 3 is 2.79 bits per heavy atom. The minimum absolute atomic E-state index is 0.0520. The Bertz CT molecular complexity index is 363. The maximum Gasteiger partial charge on any atom is 0.303 e. The number of rotatable bonds is 3. The van der Waals surface area contributed by atoms with Crippen molar-refractivity contribution < 1.29 is 14.3 Å². The number of esters is 1. The summed E-state index contributed by atoms with van der Waals surface area (Å²) >= 11 is 0. The third-order valence-corrected chi connectivity index (χ3v) is 1.48. The van der Waals surface area contributed by atoms with Crippen molar-refractivity contribution in [3.05, 3.63) is 29.6 Å². The van der Waals surface area contributed by atoms with Gasteiger partial charge in [-0.05, 0) is 12.1 Å². The van der Waals surface area contributed by atoms with Crippen molar-refractivity contribution in [2.45, 2.75) is 13.5 Å². The molecule has 0 radical (unpaired) electrons. The van der Waals surface area contributed by atoms with E-state index in [1.165, 1.54) is 13.0 Å². The molecule has 2 N–H and O–H groups in total. The van der Waals surface area contributed by atoms with Crippen molar-refractivity contribution in [1.29, 1.82) is 0 Å². The molecule has 0 unspecified atom stereocenters. The number of hydrogen-bond acceptors (Lipinski definition) is 4. The van der Waals surface area contributed by atoms with Crippen LogP contribution in [0.5, 0.6) is 0 Å². The van der Waals surface area contributed by atoms with Gasteiger partial charge in [0.1, 0.15) is 12.3 Å². The molecule has 0 saturated carbocycles. The molecule has 0 bridgehead atoms. The molecule has 1 amide bonds. The van der Waals surface area contributed by atoms with Gasteiger partial charge in [0.25, 0.3) is 5.91 Å². The van der Waals surface area contributed by atoms with E-state index in [0.717, 1.165) is 0 Å². The third kappa shape index (κ3) is 2.85.